The van der Waals surface area contributed by atoms with Crippen molar-refractivity contribution in [3.05, 3.63) is 72.9 Å². The highest BCUT2D eigenvalue weighted by Crippen LogP contribution is 2.14. The maximum atomic E-state index is 12.7. The molecule has 0 saturated carbocycles. The minimum absolute atomic E-state index is 0.0954. The first kappa shape index (κ1) is 55.9. The van der Waals surface area contributed by atoms with E-state index >= 15 is 0 Å². The van der Waals surface area contributed by atoms with Crippen LogP contribution < -0.4 is 0 Å². The number of hydrogen-bond acceptors (Lipinski definition) is 6. The zero-order valence-electron chi connectivity index (χ0n) is 38.5. The summed E-state index contributed by atoms with van der Waals surface area (Å²) < 4.78 is 16.7. The van der Waals surface area contributed by atoms with Gasteiger partial charge in [0.25, 0.3) is 0 Å². The molecule has 0 saturated heterocycles. The van der Waals surface area contributed by atoms with Gasteiger partial charge < -0.3 is 14.2 Å². The lowest BCUT2D eigenvalue weighted by molar-refractivity contribution is -0.167. The van der Waals surface area contributed by atoms with Gasteiger partial charge in [0.2, 0.25) is 0 Å². The van der Waals surface area contributed by atoms with Crippen LogP contribution in [0.2, 0.25) is 0 Å². The maximum Gasteiger partial charge on any atom is 0.306 e. The fourth-order valence-electron chi connectivity index (χ4n) is 6.52. The predicted octanol–water partition coefficient (Wildman–Crippen LogP) is 15.9. The van der Waals surface area contributed by atoms with Crippen LogP contribution in [0, 0.1) is 0 Å². The topological polar surface area (TPSA) is 78.9 Å². The van der Waals surface area contributed by atoms with E-state index in [4.69, 9.17) is 14.2 Å². The van der Waals surface area contributed by atoms with Gasteiger partial charge in [-0.2, -0.15) is 0 Å². The van der Waals surface area contributed by atoms with Gasteiger partial charge in [0.05, 0.1) is 0 Å². The third kappa shape index (κ3) is 45.8. The molecule has 6 nitrogen and oxygen atoms in total. The number of hydrogen-bond donors (Lipinski definition) is 0. The zero-order valence-corrected chi connectivity index (χ0v) is 38.5. The van der Waals surface area contributed by atoms with Crippen molar-refractivity contribution < 1.29 is 28.6 Å². The molecule has 1 atom stereocenters. The highest BCUT2D eigenvalue weighted by Gasteiger charge is 2.19. The van der Waals surface area contributed by atoms with Crippen molar-refractivity contribution in [1.82, 2.24) is 0 Å². The van der Waals surface area contributed by atoms with Crippen LogP contribution in [0.5, 0.6) is 0 Å². The molecule has 0 N–H and O–H groups in total. The van der Waals surface area contributed by atoms with E-state index in [-0.39, 0.29) is 37.5 Å². The van der Waals surface area contributed by atoms with Crippen LogP contribution in [0.25, 0.3) is 0 Å². The average Bonchev–Trinajstić information content (AvgIpc) is 3.23. The molecule has 0 aromatic rings. The van der Waals surface area contributed by atoms with Crippen molar-refractivity contribution in [3.63, 3.8) is 0 Å². The van der Waals surface area contributed by atoms with E-state index in [1.165, 1.54) is 77.0 Å². The van der Waals surface area contributed by atoms with Gasteiger partial charge in [0.1, 0.15) is 13.2 Å². The smallest absolute Gasteiger partial charge is 0.306 e. The Hall–Kier alpha value is -3.15. The van der Waals surface area contributed by atoms with Gasteiger partial charge in [-0.05, 0) is 89.9 Å². The molecule has 0 amide bonds. The van der Waals surface area contributed by atoms with Crippen molar-refractivity contribution in [3.8, 4) is 0 Å². The Morgan fingerprint density at radius 2 is 0.661 bits per heavy atom. The zero-order chi connectivity index (χ0) is 43.0. The lowest BCUT2D eigenvalue weighted by Crippen LogP contribution is -2.30. The SMILES string of the molecule is CC/C=C\C/C=C\C/C=C\CCCCCCCC(=O)OC[C@H](COC(=O)CCCCCCCCCCCCC)OC(=O)CCCC/C=C\C/C=C\C/C=C\CCCCC. The minimum atomic E-state index is -0.799. The molecule has 0 radical (unpaired) electrons. The summed E-state index contributed by atoms with van der Waals surface area (Å²) in [4.78, 5) is 37.8. The Balaban J connectivity index is 4.47. The second-order valence-electron chi connectivity index (χ2n) is 16.0. The summed E-state index contributed by atoms with van der Waals surface area (Å²) in [7, 11) is 0. The normalized spacial score (nSPS) is 12.7. The Bertz CT molecular complexity index is 1130. The Kier molecular flexibility index (Phi) is 45.0. The van der Waals surface area contributed by atoms with Crippen LogP contribution in [0.1, 0.15) is 226 Å². The fourth-order valence-corrected chi connectivity index (χ4v) is 6.52. The summed E-state index contributed by atoms with van der Waals surface area (Å²) in [5, 5.41) is 0. The van der Waals surface area contributed by atoms with Crippen LogP contribution in [0.15, 0.2) is 72.9 Å². The van der Waals surface area contributed by atoms with Crippen LogP contribution in [-0.4, -0.2) is 37.2 Å². The van der Waals surface area contributed by atoms with Crippen LogP contribution in [-0.2, 0) is 28.6 Å². The van der Waals surface area contributed by atoms with Crippen LogP contribution in [0.4, 0.5) is 0 Å². The highest BCUT2D eigenvalue weighted by molar-refractivity contribution is 5.71. The number of ether oxygens (including phenoxy) is 3. The third-order valence-corrected chi connectivity index (χ3v) is 10.2. The lowest BCUT2D eigenvalue weighted by Gasteiger charge is -2.18. The van der Waals surface area contributed by atoms with Crippen molar-refractivity contribution >= 4 is 17.9 Å². The molecular formula is C53H90O6. The molecule has 0 spiro atoms. The first-order chi connectivity index (χ1) is 29.0. The summed E-state index contributed by atoms with van der Waals surface area (Å²) >= 11 is 0. The number of carbonyl (C=O) groups is 3. The van der Waals surface area contributed by atoms with Crippen molar-refractivity contribution in [2.45, 2.75) is 232 Å². The molecular weight excluding hydrogens is 733 g/mol. The number of allylic oxidation sites excluding steroid dienone is 12. The lowest BCUT2D eigenvalue weighted by atomic mass is 10.1. The van der Waals surface area contributed by atoms with Gasteiger partial charge in [-0.3, -0.25) is 14.4 Å². The van der Waals surface area contributed by atoms with E-state index in [1.54, 1.807) is 0 Å². The largest absolute Gasteiger partial charge is 0.462 e. The maximum absolute atomic E-state index is 12.7. The molecule has 0 aliphatic rings. The molecule has 0 bridgehead atoms. The Morgan fingerprint density at radius 3 is 1.10 bits per heavy atom. The molecule has 0 aliphatic heterocycles. The Morgan fingerprint density at radius 1 is 0.356 bits per heavy atom. The minimum Gasteiger partial charge on any atom is -0.462 e. The number of esters is 3. The van der Waals surface area contributed by atoms with E-state index in [1.807, 2.05) is 0 Å². The second kappa shape index (κ2) is 47.5. The van der Waals surface area contributed by atoms with E-state index in [0.717, 1.165) is 103 Å². The molecule has 338 valence electrons. The van der Waals surface area contributed by atoms with Crippen molar-refractivity contribution in [2.75, 3.05) is 13.2 Å². The number of unbranched alkanes of at least 4 members (excludes halogenated alkanes) is 20. The molecule has 0 rings (SSSR count). The number of carbonyl (C=O) groups excluding carboxylic acids is 3. The van der Waals surface area contributed by atoms with Crippen LogP contribution in [0.3, 0.4) is 0 Å². The van der Waals surface area contributed by atoms with Gasteiger partial charge in [0, 0.05) is 19.3 Å². The summed E-state index contributed by atoms with van der Waals surface area (Å²) in [5.41, 5.74) is 0. The molecule has 59 heavy (non-hydrogen) atoms. The van der Waals surface area contributed by atoms with Gasteiger partial charge in [0.15, 0.2) is 6.10 Å². The van der Waals surface area contributed by atoms with Gasteiger partial charge >= 0.3 is 17.9 Å². The summed E-state index contributed by atoms with van der Waals surface area (Å²) in [6, 6.07) is 0. The molecule has 6 heteroatoms. The second-order valence-corrected chi connectivity index (χ2v) is 16.0. The van der Waals surface area contributed by atoms with E-state index < -0.39 is 6.10 Å². The van der Waals surface area contributed by atoms with Gasteiger partial charge in [-0.15, -0.1) is 0 Å². The highest BCUT2D eigenvalue weighted by atomic mass is 16.6. The molecule has 0 unspecified atom stereocenters. The third-order valence-electron chi connectivity index (χ3n) is 10.2. The Labute approximate surface area is 363 Å². The molecule has 0 fully saturated rings. The summed E-state index contributed by atoms with van der Waals surface area (Å²) in [5.74, 6) is -0.954. The monoisotopic (exact) mass is 823 g/mol. The first-order valence-corrected chi connectivity index (χ1v) is 24.4. The van der Waals surface area contributed by atoms with Crippen molar-refractivity contribution in [1.29, 1.82) is 0 Å². The first-order valence-electron chi connectivity index (χ1n) is 24.4. The molecule has 0 aliphatic carbocycles. The summed E-state index contributed by atoms with van der Waals surface area (Å²) in [6.07, 6.45) is 58.8. The predicted molar refractivity (Wildman–Crippen MR) is 251 cm³/mol. The summed E-state index contributed by atoms with van der Waals surface area (Å²) in [6.45, 7) is 6.43. The molecule has 0 aromatic carbocycles. The average molecular weight is 823 g/mol. The standard InChI is InChI=1S/C53H90O6/c1-4-7-10-13-16-19-22-24-26-28-31-34-37-40-43-46-52(55)58-49-50(48-57-51(54)45-42-39-36-33-30-21-18-15-12-9-6-3)59-53(56)47-44-41-38-35-32-29-27-25-23-20-17-14-11-8-5-2/h7,10,16-17,19-20,24-27,32,35,50H,4-6,8-9,11-15,18,21-23,28-31,33-34,36-49H2,1-3H3/b10-7-,19-16-,20-17-,26-24-,27-25-,35-32-/t50-/m0/s1. The molecule has 0 aromatic heterocycles. The molecule has 0 heterocycles. The quantitative estimate of drug-likeness (QED) is 0.0264. The number of rotatable bonds is 43. The van der Waals surface area contributed by atoms with Gasteiger partial charge in [-0.25, -0.2) is 0 Å². The van der Waals surface area contributed by atoms with E-state index in [2.05, 4.69) is 93.7 Å². The van der Waals surface area contributed by atoms with E-state index in [9.17, 15) is 14.4 Å². The van der Waals surface area contributed by atoms with E-state index in [0.29, 0.717) is 19.3 Å². The van der Waals surface area contributed by atoms with Crippen LogP contribution >= 0.6 is 0 Å². The fraction of sp³-hybridized carbons (Fsp3) is 0.717. The van der Waals surface area contributed by atoms with Crippen molar-refractivity contribution in [2.24, 2.45) is 0 Å². The van der Waals surface area contributed by atoms with Gasteiger partial charge in [-0.1, -0.05) is 190 Å².